The number of hydrogen-bond acceptors (Lipinski definition) is 4. The van der Waals surface area contributed by atoms with Crippen LogP contribution in [-0.4, -0.2) is 9.97 Å². The van der Waals surface area contributed by atoms with Crippen molar-refractivity contribution in [2.24, 2.45) is 0 Å². The highest BCUT2D eigenvalue weighted by Gasteiger charge is 2.40. The Morgan fingerprint density at radius 2 is 1.02 bits per heavy atom. The van der Waals surface area contributed by atoms with Gasteiger partial charge in [0.1, 0.15) is 0 Å². The van der Waals surface area contributed by atoms with Gasteiger partial charge < -0.3 is 9.47 Å². The summed E-state index contributed by atoms with van der Waals surface area (Å²) in [5, 5.41) is 0. The molecule has 4 heteroatoms. The van der Waals surface area contributed by atoms with Crippen LogP contribution in [0.2, 0.25) is 0 Å². The van der Waals surface area contributed by atoms with Crippen LogP contribution in [0.15, 0.2) is 146 Å². The van der Waals surface area contributed by atoms with Crippen molar-refractivity contribution < 1.29 is 9.47 Å². The average molecular weight is 607 g/mol. The first-order chi connectivity index (χ1) is 23.1. The Morgan fingerprint density at radius 3 is 1.72 bits per heavy atom. The van der Waals surface area contributed by atoms with E-state index in [-0.39, 0.29) is 5.41 Å². The molecule has 1 aromatic heterocycles. The van der Waals surface area contributed by atoms with E-state index in [1.165, 1.54) is 16.7 Å². The minimum Gasteiger partial charge on any atom is -0.449 e. The summed E-state index contributed by atoms with van der Waals surface area (Å²) in [5.74, 6) is 3.49. The lowest BCUT2D eigenvalue weighted by Crippen LogP contribution is -2.15. The molecule has 9 rings (SSSR count). The second kappa shape index (κ2) is 10.5. The maximum absolute atomic E-state index is 6.97. The van der Waals surface area contributed by atoms with Gasteiger partial charge in [-0.3, -0.25) is 0 Å². The topological polar surface area (TPSA) is 44.2 Å². The van der Waals surface area contributed by atoms with Crippen molar-refractivity contribution in [3.63, 3.8) is 0 Å². The first-order valence-electron chi connectivity index (χ1n) is 15.9. The highest BCUT2D eigenvalue weighted by Crippen LogP contribution is 2.59. The van der Waals surface area contributed by atoms with Gasteiger partial charge in [0.05, 0.1) is 11.4 Å². The lowest BCUT2D eigenvalue weighted by molar-refractivity contribution is 0.361. The Kier molecular flexibility index (Phi) is 6.12. The van der Waals surface area contributed by atoms with Gasteiger partial charge >= 0.3 is 0 Å². The van der Waals surface area contributed by atoms with E-state index in [2.05, 4.69) is 92.7 Å². The fourth-order valence-corrected chi connectivity index (χ4v) is 7.05. The fraction of sp³-hybridized carbons (Fsp3) is 0.0698. The summed E-state index contributed by atoms with van der Waals surface area (Å²) in [5.41, 5.74) is 11.3. The van der Waals surface area contributed by atoms with Gasteiger partial charge in [0.15, 0.2) is 28.8 Å². The van der Waals surface area contributed by atoms with Crippen molar-refractivity contribution in [1.82, 2.24) is 9.97 Å². The number of fused-ring (bicyclic) bond motifs is 6. The van der Waals surface area contributed by atoms with Gasteiger partial charge in [0.2, 0.25) is 0 Å². The number of benzene rings is 6. The van der Waals surface area contributed by atoms with Crippen molar-refractivity contribution in [2.75, 3.05) is 0 Å². The van der Waals surface area contributed by atoms with Crippen molar-refractivity contribution in [3.8, 4) is 79.2 Å². The Labute approximate surface area is 274 Å². The van der Waals surface area contributed by atoms with Crippen LogP contribution in [0.1, 0.15) is 25.0 Å². The minimum absolute atomic E-state index is 0.145. The largest absolute Gasteiger partial charge is 0.449 e. The van der Waals surface area contributed by atoms with E-state index in [4.69, 9.17) is 19.4 Å². The highest BCUT2D eigenvalue weighted by molar-refractivity contribution is 5.91. The molecule has 224 valence electrons. The average Bonchev–Trinajstić information content (AvgIpc) is 3.37. The molecule has 4 nitrogen and oxygen atoms in total. The molecule has 6 aromatic carbocycles. The third-order valence-corrected chi connectivity index (χ3v) is 9.39. The number of ether oxygens (including phenoxy) is 2. The van der Waals surface area contributed by atoms with Gasteiger partial charge in [-0.05, 0) is 40.5 Å². The zero-order valence-corrected chi connectivity index (χ0v) is 26.1. The molecule has 0 saturated carbocycles. The molecule has 0 bridgehead atoms. The van der Waals surface area contributed by atoms with E-state index in [1.54, 1.807) is 0 Å². The molecule has 0 radical (unpaired) electrons. The normalized spacial score (nSPS) is 13.4. The van der Waals surface area contributed by atoms with E-state index in [9.17, 15) is 0 Å². The lowest BCUT2D eigenvalue weighted by Gasteiger charge is -2.26. The molecule has 0 N–H and O–H groups in total. The van der Waals surface area contributed by atoms with Crippen LogP contribution >= 0.6 is 0 Å². The number of nitrogens with zero attached hydrogens (tertiary/aromatic N) is 2. The fourth-order valence-electron chi connectivity index (χ4n) is 7.05. The van der Waals surface area contributed by atoms with Crippen LogP contribution in [0.5, 0.6) is 23.0 Å². The van der Waals surface area contributed by atoms with Crippen LogP contribution in [-0.2, 0) is 5.41 Å². The summed E-state index contributed by atoms with van der Waals surface area (Å²) in [6, 6.07) is 49.8. The molecule has 0 saturated heterocycles. The van der Waals surface area contributed by atoms with Gasteiger partial charge in [-0.2, -0.15) is 0 Å². The van der Waals surface area contributed by atoms with Crippen LogP contribution < -0.4 is 9.47 Å². The first kappa shape index (κ1) is 27.3. The molecule has 0 atom stereocenters. The molecular formula is C43H30N2O2. The number of para-hydroxylation sites is 1. The predicted octanol–water partition coefficient (Wildman–Crippen LogP) is 11.3. The molecule has 0 amide bonds. The lowest BCUT2D eigenvalue weighted by atomic mass is 9.82. The van der Waals surface area contributed by atoms with Crippen molar-refractivity contribution in [3.05, 3.63) is 157 Å². The summed E-state index contributed by atoms with van der Waals surface area (Å²) in [6.07, 6.45) is 0. The number of hydrogen-bond donors (Lipinski definition) is 0. The molecule has 0 unspecified atom stereocenters. The molecule has 1 aliphatic heterocycles. The first-order valence-corrected chi connectivity index (χ1v) is 15.9. The molecule has 2 heterocycles. The van der Waals surface area contributed by atoms with Crippen molar-refractivity contribution >= 4 is 0 Å². The molecular weight excluding hydrogens is 576 g/mol. The van der Waals surface area contributed by atoms with E-state index in [1.807, 2.05) is 66.7 Å². The molecule has 0 fully saturated rings. The maximum Gasteiger partial charge on any atom is 0.178 e. The van der Waals surface area contributed by atoms with Crippen LogP contribution in [0.3, 0.4) is 0 Å². The van der Waals surface area contributed by atoms with Gasteiger partial charge in [-0.15, -0.1) is 0 Å². The SMILES string of the molecule is CC1(C)c2ccccc2-c2c1ccc1c2Oc2c(cccc2-c2ccccc2-c2nc(-c3ccccc3)cc(-c3ccccc3)n2)O1. The second-order valence-electron chi connectivity index (χ2n) is 12.6. The van der Waals surface area contributed by atoms with E-state index in [0.717, 1.165) is 56.3 Å². The maximum atomic E-state index is 6.97. The standard InChI is InChI=1S/C43H30N2O2/c1-43(2)33-22-12-11-20-32(33)39-34(43)24-25-38-41(39)47-40-30(21-13-23-37(40)46-38)29-18-9-10-19-31(29)42-44-35(27-14-5-3-6-15-27)26-36(45-42)28-16-7-4-8-17-28/h3-26H,1-2H3. The van der Waals surface area contributed by atoms with E-state index in [0.29, 0.717) is 17.3 Å². The summed E-state index contributed by atoms with van der Waals surface area (Å²) in [4.78, 5) is 10.3. The van der Waals surface area contributed by atoms with Gasteiger partial charge in [-0.25, -0.2) is 9.97 Å². The predicted molar refractivity (Wildman–Crippen MR) is 188 cm³/mol. The summed E-state index contributed by atoms with van der Waals surface area (Å²) in [7, 11) is 0. The monoisotopic (exact) mass is 606 g/mol. The zero-order chi connectivity index (χ0) is 31.5. The van der Waals surface area contributed by atoms with E-state index < -0.39 is 0 Å². The van der Waals surface area contributed by atoms with Crippen LogP contribution in [0.4, 0.5) is 0 Å². The van der Waals surface area contributed by atoms with Gasteiger partial charge in [0, 0.05) is 33.2 Å². The van der Waals surface area contributed by atoms with Gasteiger partial charge in [0.25, 0.3) is 0 Å². The molecule has 1 aliphatic carbocycles. The quantitative estimate of drug-likeness (QED) is 0.200. The molecule has 7 aromatic rings. The molecule has 2 aliphatic rings. The third kappa shape index (κ3) is 4.37. The van der Waals surface area contributed by atoms with E-state index >= 15 is 0 Å². The third-order valence-electron chi connectivity index (χ3n) is 9.39. The number of rotatable bonds is 4. The zero-order valence-electron chi connectivity index (χ0n) is 26.1. The Balaban J connectivity index is 1.21. The highest BCUT2D eigenvalue weighted by atomic mass is 16.6. The number of aromatic nitrogens is 2. The van der Waals surface area contributed by atoms with Crippen molar-refractivity contribution in [1.29, 1.82) is 0 Å². The Bertz CT molecular complexity index is 2270. The Hall–Kier alpha value is -6.00. The second-order valence-corrected chi connectivity index (χ2v) is 12.6. The molecule has 0 spiro atoms. The summed E-state index contributed by atoms with van der Waals surface area (Å²) in [6.45, 7) is 4.55. The Morgan fingerprint density at radius 1 is 0.447 bits per heavy atom. The molecule has 47 heavy (non-hydrogen) atoms. The van der Waals surface area contributed by atoms with Crippen molar-refractivity contribution in [2.45, 2.75) is 19.3 Å². The summed E-state index contributed by atoms with van der Waals surface area (Å²) < 4.78 is 13.6. The smallest absolute Gasteiger partial charge is 0.178 e. The minimum atomic E-state index is -0.145. The van der Waals surface area contributed by atoms with Crippen LogP contribution in [0.25, 0.3) is 56.2 Å². The summed E-state index contributed by atoms with van der Waals surface area (Å²) >= 11 is 0. The van der Waals surface area contributed by atoms with Crippen LogP contribution in [0, 0.1) is 0 Å². The van der Waals surface area contributed by atoms with Gasteiger partial charge in [-0.1, -0.05) is 141 Å².